The standard InChI is InChI=1S/C13H21N3O3/c1-2-18-12(17)11-10-19-13(15-11)14-6-5-9-16-7-3-4-8-16/h10H,2-9H2,1H3,(H,14,15). The Labute approximate surface area is 113 Å². The lowest BCUT2D eigenvalue weighted by Gasteiger charge is -2.13. The van der Waals surface area contributed by atoms with Crippen molar-refractivity contribution in [1.29, 1.82) is 0 Å². The number of rotatable bonds is 7. The summed E-state index contributed by atoms with van der Waals surface area (Å²) < 4.78 is 10.0. The molecule has 1 saturated heterocycles. The molecule has 0 atom stereocenters. The average Bonchev–Trinajstić information content (AvgIpc) is 3.06. The van der Waals surface area contributed by atoms with Crippen molar-refractivity contribution >= 4 is 12.0 Å². The minimum absolute atomic E-state index is 0.212. The maximum Gasteiger partial charge on any atom is 0.360 e. The number of likely N-dealkylation sites (tertiary alicyclic amines) is 1. The number of oxazole rings is 1. The second-order valence-corrected chi connectivity index (χ2v) is 4.59. The Morgan fingerprint density at radius 2 is 2.32 bits per heavy atom. The van der Waals surface area contributed by atoms with Gasteiger partial charge in [0.05, 0.1) is 6.61 Å². The molecular formula is C13H21N3O3. The van der Waals surface area contributed by atoms with Crippen molar-refractivity contribution in [2.75, 3.05) is 38.1 Å². The van der Waals surface area contributed by atoms with Crippen LogP contribution in [-0.4, -0.2) is 48.6 Å². The third-order valence-electron chi connectivity index (χ3n) is 3.11. The van der Waals surface area contributed by atoms with Crippen LogP contribution in [-0.2, 0) is 4.74 Å². The van der Waals surface area contributed by atoms with Crippen LogP contribution in [0.5, 0.6) is 0 Å². The number of carbonyl (C=O) groups is 1. The highest BCUT2D eigenvalue weighted by molar-refractivity contribution is 5.87. The molecule has 0 aliphatic carbocycles. The highest BCUT2D eigenvalue weighted by atomic mass is 16.5. The quantitative estimate of drug-likeness (QED) is 0.599. The second kappa shape index (κ2) is 7.13. The predicted molar refractivity (Wildman–Crippen MR) is 71.2 cm³/mol. The molecule has 6 heteroatoms. The number of anilines is 1. The van der Waals surface area contributed by atoms with Gasteiger partial charge in [-0.1, -0.05) is 0 Å². The molecule has 19 heavy (non-hydrogen) atoms. The predicted octanol–water partition coefficient (Wildman–Crippen LogP) is 1.75. The lowest BCUT2D eigenvalue weighted by molar-refractivity contribution is 0.0519. The molecule has 0 unspecified atom stereocenters. The fourth-order valence-corrected chi connectivity index (χ4v) is 2.16. The summed E-state index contributed by atoms with van der Waals surface area (Å²) in [5.41, 5.74) is 0.212. The number of esters is 1. The van der Waals surface area contributed by atoms with E-state index < -0.39 is 5.97 Å². The minimum Gasteiger partial charge on any atom is -0.461 e. The topological polar surface area (TPSA) is 67.6 Å². The van der Waals surface area contributed by atoms with Crippen LogP contribution in [0.25, 0.3) is 0 Å². The third kappa shape index (κ3) is 4.24. The number of carbonyl (C=O) groups excluding carboxylic acids is 1. The first-order chi connectivity index (χ1) is 9.29. The lowest BCUT2D eigenvalue weighted by atomic mass is 10.4. The first-order valence-corrected chi connectivity index (χ1v) is 6.88. The molecule has 1 N–H and O–H groups in total. The molecule has 0 spiro atoms. The zero-order valence-corrected chi connectivity index (χ0v) is 11.4. The molecule has 1 aliphatic rings. The number of nitrogens with one attached hydrogen (secondary N) is 1. The van der Waals surface area contributed by atoms with Gasteiger partial charge in [0.1, 0.15) is 6.26 Å². The van der Waals surface area contributed by atoms with Gasteiger partial charge >= 0.3 is 5.97 Å². The molecule has 2 rings (SSSR count). The van der Waals surface area contributed by atoms with E-state index in [2.05, 4.69) is 15.2 Å². The van der Waals surface area contributed by atoms with Crippen LogP contribution >= 0.6 is 0 Å². The normalized spacial score (nSPS) is 15.6. The lowest BCUT2D eigenvalue weighted by Crippen LogP contribution is -2.22. The van der Waals surface area contributed by atoms with Crippen molar-refractivity contribution in [3.63, 3.8) is 0 Å². The molecule has 1 fully saturated rings. The van der Waals surface area contributed by atoms with Crippen molar-refractivity contribution in [2.24, 2.45) is 0 Å². The molecule has 0 bridgehead atoms. The minimum atomic E-state index is -0.448. The van der Waals surface area contributed by atoms with E-state index in [1.165, 1.54) is 32.2 Å². The van der Waals surface area contributed by atoms with Crippen molar-refractivity contribution in [3.8, 4) is 0 Å². The van der Waals surface area contributed by atoms with Gasteiger partial charge in [-0.2, -0.15) is 4.98 Å². The Kier molecular flexibility index (Phi) is 5.20. The van der Waals surface area contributed by atoms with Crippen LogP contribution in [0, 0.1) is 0 Å². The van der Waals surface area contributed by atoms with Gasteiger partial charge in [-0.25, -0.2) is 4.79 Å². The van der Waals surface area contributed by atoms with Crippen LogP contribution in [0.15, 0.2) is 10.7 Å². The molecule has 1 aliphatic heterocycles. The first kappa shape index (κ1) is 13.9. The summed E-state index contributed by atoms with van der Waals surface area (Å²) in [5, 5.41) is 3.07. The van der Waals surface area contributed by atoms with Gasteiger partial charge in [0.2, 0.25) is 0 Å². The van der Waals surface area contributed by atoms with E-state index >= 15 is 0 Å². The van der Waals surface area contributed by atoms with Crippen LogP contribution in [0.1, 0.15) is 36.7 Å². The summed E-state index contributed by atoms with van der Waals surface area (Å²) in [6.07, 6.45) is 4.99. The average molecular weight is 267 g/mol. The van der Waals surface area contributed by atoms with Crippen molar-refractivity contribution in [3.05, 3.63) is 12.0 Å². The highest BCUT2D eigenvalue weighted by Crippen LogP contribution is 2.10. The van der Waals surface area contributed by atoms with E-state index in [1.54, 1.807) is 6.92 Å². The van der Waals surface area contributed by atoms with E-state index in [0.717, 1.165) is 19.5 Å². The van der Waals surface area contributed by atoms with Gasteiger partial charge in [0.15, 0.2) is 5.69 Å². The zero-order valence-electron chi connectivity index (χ0n) is 11.4. The number of hydrogen-bond acceptors (Lipinski definition) is 6. The van der Waals surface area contributed by atoms with E-state index in [4.69, 9.17) is 9.15 Å². The van der Waals surface area contributed by atoms with Gasteiger partial charge in [0.25, 0.3) is 6.01 Å². The summed E-state index contributed by atoms with van der Waals surface area (Å²) in [5.74, 6) is -0.448. The monoisotopic (exact) mass is 267 g/mol. The van der Waals surface area contributed by atoms with Gasteiger partial charge in [-0.05, 0) is 45.8 Å². The van der Waals surface area contributed by atoms with Crippen LogP contribution in [0.2, 0.25) is 0 Å². The zero-order chi connectivity index (χ0) is 13.5. The molecular weight excluding hydrogens is 246 g/mol. The molecule has 0 amide bonds. The number of ether oxygens (including phenoxy) is 1. The number of aromatic nitrogens is 1. The van der Waals surface area contributed by atoms with Gasteiger partial charge in [0, 0.05) is 6.54 Å². The fraction of sp³-hybridized carbons (Fsp3) is 0.692. The van der Waals surface area contributed by atoms with Crippen LogP contribution in [0.4, 0.5) is 6.01 Å². The Bertz CT molecular complexity index is 400. The maximum atomic E-state index is 11.4. The molecule has 0 saturated carbocycles. The largest absolute Gasteiger partial charge is 0.461 e. The van der Waals surface area contributed by atoms with Gasteiger partial charge in [-0.15, -0.1) is 0 Å². The maximum absolute atomic E-state index is 11.4. The second-order valence-electron chi connectivity index (χ2n) is 4.59. The van der Waals surface area contributed by atoms with E-state index in [-0.39, 0.29) is 5.69 Å². The summed E-state index contributed by atoms with van der Waals surface area (Å²) in [4.78, 5) is 17.9. The van der Waals surface area contributed by atoms with Gasteiger partial charge < -0.3 is 19.4 Å². The van der Waals surface area contributed by atoms with Gasteiger partial charge in [-0.3, -0.25) is 0 Å². The third-order valence-corrected chi connectivity index (χ3v) is 3.11. The molecule has 1 aromatic rings. The Balaban J connectivity index is 1.66. The molecule has 2 heterocycles. The van der Waals surface area contributed by atoms with E-state index in [1.807, 2.05) is 0 Å². The molecule has 0 aromatic carbocycles. The van der Waals surface area contributed by atoms with Crippen molar-refractivity contribution < 1.29 is 13.9 Å². The molecule has 1 aromatic heterocycles. The fourth-order valence-electron chi connectivity index (χ4n) is 2.16. The summed E-state index contributed by atoms with van der Waals surface area (Å²) >= 11 is 0. The number of nitrogens with zero attached hydrogens (tertiary/aromatic N) is 2. The molecule has 6 nitrogen and oxygen atoms in total. The Hall–Kier alpha value is -1.56. The van der Waals surface area contributed by atoms with E-state index in [0.29, 0.717) is 12.6 Å². The Morgan fingerprint density at radius 3 is 3.05 bits per heavy atom. The summed E-state index contributed by atoms with van der Waals surface area (Å²) in [6, 6.07) is 0.379. The number of hydrogen-bond donors (Lipinski definition) is 1. The molecule has 106 valence electrons. The van der Waals surface area contributed by atoms with Crippen molar-refractivity contribution in [2.45, 2.75) is 26.2 Å². The highest BCUT2D eigenvalue weighted by Gasteiger charge is 2.13. The molecule has 0 radical (unpaired) electrons. The van der Waals surface area contributed by atoms with E-state index in [9.17, 15) is 4.79 Å². The Morgan fingerprint density at radius 1 is 1.53 bits per heavy atom. The smallest absolute Gasteiger partial charge is 0.360 e. The first-order valence-electron chi connectivity index (χ1n) is 6.88. The van der Waals surface area contributed by atoms with Crippen molar-refractivity contribution in [1.82, 2.24) is 9.88 Å². The van der Waals surface area contributed by atoms with Crippen LogP contribution < -0.4 is 5.32 Å². The summed E-state index contributed by atoms with van der Waals surface area (Å²) in [6.45, 7) is 6.41. The SMILES string of the molecule is CCOC(=O)c1coc(NCCCN2CCCC2)n1. The van der Waals surface area contributed by atoms with Crippen LogP contribution in [0.3, 0.4) is 0 Å². The summed E-state index contributed by atoms with van der Waals surface area (Å²) in [7, 11) is 0.